The minimum atomic E-state index is -4.78. The van der Waals surface area contributed by atoms with E-state index in [4.69, 9.17) is 0 Å². The Kier molecular flexibility index (Phi) is 5.46. The number of hydrogen-bond donors (Lipinski definition) is 2. The van der Waals surface area contributed by atoms with E-state index in [9.17, 15) is 27.1 Å². The molecule has 12 heteroatoms. The molecule has 2 heterocycles. The smallest absolute Gasteiger partial charge is 0.406 e. The molecule has 4 rings (SSSR count). The van der Waals surface area contributed by atoms with Crippen molar-refractivity contribution in [2.45, 2.75) is 18.8 Å². The molecule has 0 spiro atoms. The number of benzene rings is 2. The lowest BCUT2D eigenvalue weighted by molar-refractivity contribution is -0.286. The number of halogens is 5. The number of hydrogen-bond acceptors (Lipinski definition) is 7. The number of aromatic nitrogens is 2. The number of anilines is 1. The highest BCUT2D eigenvalue weighted by Gasteiger charge is 2.43. The minimum absolute atomic E-state index is 0.0230. The molecule has 0 fully saturated rings. The first-order chi connectivity index (χ1) is 15.1. The summed E-state index contributed by atoms with van der Waals surface area (Å²) >= 11 is 0. The summed E-state index contributed by atoms with van der Waals surface area (Å²) in [6.07, 6.45) is -8.38. The Morgan fingerprint density at radius 1 is 1.00 bits per heavy atom. The quantitative estimate of drug-likeness (QED) is 0.529. The van der Waals surface area contributed by atoms with E-state index in [0.717, 1.165) is 12.1 Å². The molecular weight excluding hydrogens is 441 g/mol. The summed E-state index contributed by atoms with van der Waals surface area (Å²) in [6.45, 7) is -0.0230. The number of nitrogens with one attached hydrogen (secondary N) is 1. The van der Waals surface area contributed by atoms with Crippen LogP contribution in [0.3, 0.4) is 0 Å². The van der Waals surface area contributed by atoms with Gasteiger partial charge in [0.05, 0.1) is 11.8 Å². The van der Waals surface area contributed by atoms with Gasteiger partial charge in [-0.25, -0.2) is 9.97 Å². The lowest BCUT2D eigenvalue weighted by Gasteiger charge is -2.13. The fraction of sp³-hybridized carbons (Fsp3) is 0.200. The zero-order chi connectivity index (χ0) is 22.9. The van der Waals surface area contributed by atoms with Gasteiger partial charge in [-0.2, -0.15) is 0 Å². The van der Waals surface area contributed by atoms with Gasteiger partial charge in [-0.15, -0.1) is 22.0 Å². The molecule has 3 aromatic rings. The standard InChI is InChI=1S/C20H14F5N3O4/c21-19(22,23)30-13-4-1-11(2-5-13)14-8-18(28-10-27-14)26-9-15(29)12-3-6-16-17(7-12)32-20(24,25)31-16/h1-8,10,15,29H,9H2,(H,26,27,28). The van der Waals surface area contributed by atoms with Crippen LogP contribution in [0.5, 0.6) is 17.2 Å². The van der Waals surface area contributed by atoms with Crippen molar-refractivity contribution >= 4 is 5.82 Å². The monoisotopic (exact) mass is 455 g/mol. The van der Waals surface area contributed by atoms with E-state index < -0.39 is 18.8 Å². The topological polar surface area (TPSA) is 85.7 Å². The first-order valence-electron chi connectivity index (χ1n) is 9.08. The molecule has 0 radical (unpaired) electrons. The van der Waals surface area contributed by atoms with Crippen LogP contribution in [-0.4, -0.2) is 34.3 Å². The summed E-state index contributed by atoms with van der Waals surface area (Å²) < 4.78 is 75.6. The molecule has 7 nitrogen and oxygen atoms in total. The van der Waals surface area contributed by atoms with Crippen LogP contribution in [0.15, 0.2) is 54.9 Å². The van der Waals surface area contributed by atoms with Gasteiger partial charge in [0.1, 0.15) is 17.9 Å². The van der Waals surface area contributed by atoms with Gasteiger partial charge in [-0.3, -0.25) is 0 Å². The molecule has 1 atom stereocenters. The van der Waals surface area contributed by atoms with Crippen molar-refractivity contribution in [3.05, 3.63) is 60.4 Å². The Balaban J connectivity index is 1.40. The summed E-state index contributed by atoms with van der Waals surface area (Å²) in [5.74, 6) is -0.352. The van der Waals surface area contributed by atoms with Crippen molar-refractivity contribution < 1.29 is 41.3 Å². The number of aliphatic hydroxyl groups is 1. The maximum atomic E-state index is 13.1. The fourth-order valence-corrected chi connectivity index (χ4v) is 2.93. The van der Waals surface area contributed by atoms with Crippen LogP contribution in [0.1, 0.15) is 11.7 Å². The van der Waals surface area contributed by atoms with Crippen LogP contribution in [0.25, 0.3) is 11.3 Å². The predicted molar refractivity (Wildman–Crippen MR) is 100 cm³/mol. The van der Waals surface area contributed by atoms with Crippen molar-refractivity contribution in [2.75, 3.05) is 11.9 Å². The lowest BCUT2D eigenvalue weighted by atomic mass is 10.1. The third-order valence-electron chi connectivity index (χ3n) is 4.34. The molecule has 0 aliphatic carbocycles. The van der Waals surface area contributed by atoms with Crippen LogP contribution in [0.2, 0.25) is 0 Å². The van der Waals surface area contributed by atoms with Gasteiger partial charge in [0, 0.05) is 18.2 Å². The second-order valence-electron chi connectivity index (χ2n) is 6.63. The molecule has 0 saturated heterocycles. The Hall–Kier alpha value is -3.67. The van der Waals surface area contributed by atoms with Gasteiger partial charge in [-0.1, -0.05) is 6.07 Å². The van der Waals surface area contributed by atoms with E-state index in [1.165, 1.54) is 42.7 Å². The molecule has 2 aromatic carbocycles. The number of aliphatic hydroxyl groups excluding tert-OH is 1. The van der Waals surface area contributed by atoms with Gasteiger partial charge in [-0.05, 0) is 42.0 Å². The molecule has 1 aliphatic heterocycles. The molecule has 32 heavy (non-hydrogen) atoms. The van der Waals surface area contributed by atoms with Crippen LogP contribution >= 0.6 is 0 Å². The SMILES string of the molecule is OC(CNc1cc(-c2ccc(OC(F)(F)F)cc2)ncn1)c1ccc2c(c1)OC(F)(F)O2. The maximum absolute atomic E-state index is 13.1. The summed E-state index contributed by atoms with van der Waals surface area (Å²) in [5.41, 5.74) is 1.25. The lowest BCUT2D eigenvalue weighted by Crippen LogP contribution is -2.25. The zero-order valence-corrected chi connectivity index (χ0v) is 15.9. The highest BCUT2D eigenvalue weighted by atomic mass is 19.4. The number of ether oxygens (including phenoxy) is 3. The summed E-state index contributed by atoms with van der Waals surface area (Å²) in [7, 11) is 0. The first kappa shape index (κ1) is 21.6. The van der Waals surface area contributed by atoms with E-state index in [-0.39, 0.29) is 23.8 Å². The number of alkyl halides is 5. The highest BCUT2D eigenvalue weighted by molar-refractivity contribution is 5.63. The molecular formula is C20H14F5N3O4. The first-order valence-corrected chi connectivity index (χ1v) is 9.08. The molecule has 1 unspecified atom stereocenters. The second kappa shape index (κ2) is 8.11. The van der Waals surface area contributed by atoms with Crippen LogP contribution in [-0.2, 0) is 0 Å². The largest absolute Gasteiger partial charge is 0.586 e. The summed E-state index contributed by atoms with van der Waals surface area (Å²) in [4.78, 5) is 8.10. The average molecular weight is 455 g/mol. The molecule has 0 bridgehead atoms. The molecule has 1 aliphatic rings. The second-order valence-corrected chi connectivity index (χ2v) is 6.63. The minimum Gasteiger partial charge on any atom is -0.406 e. The third-order valence-corrected chi connectivity index (χ3v) is 4.34. The van der Waals surface area contributed by atoms with Gasteiger partial charge in [0.25, 0.3) is 0 Å². The van der Waals surface area contributed by atoms with Crippen LogP contribution < -0.4 is 19.5 Å². The van der Waals surface area contributed by atoms with Gasteiger partial charge in [0.15, 0.2) is 11.5 Å². The van der Waals surface area contributed by atoms with E-state index in [1.54, 1.807) is 0 Å². The van der Waals surface area contributed by atoms with E-state index >= 15 is 0 Å². The summed E-state index contributed by atoms with van der Waals surface area (Å²) in [5, 5.41) is 13.2. The molecule has 0 saturated carbocycles. The van der Waals surface area contributed by atoms with E-state index in [0.29, 0.717) is 22.6 Å². The van der Waals surface area contributed by atoms with Crippen molar-refractivity contribution in [1.82, 2.24) is 9.97 Å². The highest BCUT2D eigenvalue weighted by Crippen LogP contribution is 2.42. The normalized spacial score (nSPS) is 15.3. The number of fused-ring (bicyclic) bond motifs is 1. The van der Waals surface area contributed by atoms with E-state index in [1.807, 2.05) is 0 Å². The van der Waals surface area contributed by atoms with E-state index in [2.05, 4.69) is 29.5 Å². The van der Waals surface area contributed by atoms with Gasteiger partial charge < -0.3 is 24.6 Å². The zero-order valence-electron chi connectivity index (χ0n) is 15.9. The summed E-state index contributed by atoms with van der Waals surface area (Å²) in [6, 6.07) is 10.6. The molecule has 2 N–H and O–H groups in total. The van der Waals surface area contributed by atoms with Crippen molar-refractivity contribution in [3.8, 4) is 28.5 Å². The van der Waals surface area contributed by atoms with Crippen LogP contribution in [0.4, 0.5) is 27.8 Å². The fourth-order valence-electron chi connectivity index (χ4n) is 2.93. The molecule has 168 valence electrons. The Bertz CT molecular complexity index is 1110. The van der Waals surface area contributed by atoms with Crippen molar-refractivity contribution in [3.63, 3.8) is 0 Å². The Labute approximate surface area is 177 Å². The van der Waals surface area contributed by atoms with Crippen molar-refractivity contribution in [2.24, 2.45) is 0 Å². The van der Waals surface area contributed by atoms with Gasteiger partial charge >= 0.3 is 12.7 Å². The third kappa shape index (κ3) is 5.14. The maximum Gasteiger partial charge on any atom is 0.586 e. The Morgan fingerprint density at radius 2 is 1.72 bits per heavy atom. The van der Waals surface area contributed by atoms with Gasteiger partial charge in [0.2, 0.25) is 0 Å². The Morgan fingerprint density at radius 3 is 2.44 bits per heavy atom. The van der Waals surface area contributed by atoms with Crippen molar-refractivity contribution in [1.29, 1.82) is 0 Å². The molecule has 0 amide bonds. The van der Waals surface area contributed by atoms with Crippen LogP contribution in [0, 0.1) is 0 Å². The number of nitrogens with zero attached hydrogens (tertiary/aromatic N) is 2. The molecule has 1 aromatic heterocycles. The average Bonchev–Trinajstić information content (AvgIpc) is 3.04. The predicted octanol–water partition coefficient (Wildman–Crippen LogP) is 4.51. The number of rotatable bonds is 6.